The minimum absolute atomic E-state index is 0.137. The van der Waals surface area contributed by atoms with E-state index in [4.69, 9.17) is 15.0 Å². The standard InChI is InChI=1S/C21H23BrF3NO4P/c22-17-6-3-15(4-7-17)2-1-11-29-19-8-5-16(12-18(19)21(23,24)25)9-10-20(26,13-27)14-30-31-28/h3-10,12,27,31H,1-2,11,13-14,26H2/q+1. The number of aliphatic hydroxyl groups is 1. The van der Waals surface area contributed by atoms with Crippen LogP contribution in [0, 0.1) is 0 Å². The second kappa shape index (κ2) is 11.7. The lowest BCUT2D eigenvalue weighted by Crippen LogP contribution is -2.45. The summed E-state index contributed by atoms with van der Waals surface area (Å²) in [6, 6.07) is 11.4. The topological polar surface area (TPSA) is 81.8 Å². The Bertz CT molecular complexity index is 893. The number of hydrogen-bond donors (Lipinski definition) is 2. The number of nitrogens with two attached hydrogens (primary N) is 1. The maximum absolute atomic E-state index is 13.5. The second-order valence-electron chi connectivity index (χ2n) is 6.93. The van der Waals surface area contributed by atoms with E-state index < -0.39 is 32.6 Å². The predicted octanol–water partition coefficient (Wildman–Crippen LogP) is 5.14. The third-order valence-corrected chi connectivity index (χ3v) is 5.18. The van der Waals surface area contributed by atoms with Gasteiger partial charge in [-0.3, -0.25) is 0 Å². The minimum atomic E-state index is -4.60. The van der Waals surface area contributed by atoms with Crippen molar-refractivity contribution in [3.63, 3.8) is 0 Å². The fraction of sp³-hybridized carbons (Fsp3) is 0.333. The van der Waals surface area contributed by atoms with Crippen LogP contribution in [-0.2, 0) is 21.7 Å². The Balaban J connectivity index is 2.07. The number of halogens is 4. The van der Waals surface area contributed by atoms with Crippen LogP contribution in [0.2, 0.25) is 0 Å². The summed E-state index contributed by atoms with van der Waals surface area (Å²) in [6.45, 7) is -0.634. The molecule has 2 atom stereocenters. The molecule has 0 aliphatic carbocycles. The molecule has 10 heteroatoms. The zero-order valence-electron chi connectivity index (χ0n) is 16.5. The molecule has 0 spiro atoms. The molecule has 2 aromatic carbocycles. The van der Waals surface area contributed by atoms with Crippen LogP contribution in [0.25, 0.3) is 6.08 Å². The number of aliphatic hydroxyl groups excluding tert-OH is 1. The third kappa shape index (κ3) is 8.35. The minimum Gasteiger partial charge on any atom is -0.493 e. The number of ether oxygens (including phenoxy) is 1. The van der Waals surface area contributed by atoms with Gasteiger partial charge in [0.15, 0.2) is 0 Å². The maximum atomic E-state index is 13.5. The number of benzene rings is 2. The molecular weight excluding hydrogens is 498 g/mol. The van der Waals surface area contributed by atoms with Crippen molar-refractivity contribution in [3.05, 3.63) is 69.7 Å². The molecule has 3 N–H and O–H groups in total. The largest absolute Gasteiger partial charge is 0.494 e. The Labute approximate surface area is 188 Å². The molecule has 2 unspecified atom stereocenters. The fourth-order valence-corrected chi connectivity index (χ4v) is 3.27. The molecule has 0 bridgehead atoms. The first-order valence-electron chi connectivity index (χ1n) is 9.33. The summed E-state index contributed by atoms with van der Waals surface area (Å²) in [6.07, 6.45) is -0.690. The van der Waals surface area contributed by atoms with Crippen LogP contribution in [0.15, 0.2) is 53.0 Å². The molecule has 0 radical (unpaired) electrons. The van der Waals surface area contributed by atoms with E-state index >= 15 is 0 Å². The summed E-state index contributed by atoms with van der Waals surface area (Å²) in [5.74, 6) is -0.252. The molecule has 0 fully saturated rings. The van der Waals surface area contributed by atoms with Crippen molar-refractivity contribution in [1.29, 1.82) is 0 Å². The zero-order chi connectivity index (χ0) is 22.9. The van der Waals surface area contributed by atoms with Gasteiger partial charge >= 0.3 is 14.9 Å². The normalized spacial score (nSPS) is 14.1. The Morgan fingerprint density at radius 2 is 1.87 bits per heavy atom. The van der Waals surface area contributed by atoms with E-state index in [0.717, 1.165) is 16.1 Å². The lowest BCUT2D eigenvalue weighted by atomic mass is 10.0. The zero-order valence-corrected chi connectivity index (χ0v) is 19.1. The van der Waals surface area contributed by atoms with Crippen LogP contribution in [0.1, 0.15) is 23.1 Å². The van der Waals surface area contributed by atoms with E-state index in [2.05, 4.69) is 15.9 Å². The lowest BCUT2D eigenvalue weighted by molar-refractivity contribution is -0.139. The number of aryl methyl sites for hydroxylation is 1. The van der Waals surface area contributed by atoms with E-state index in [1.165, 1.54) is 24.3 Å². The highest BCUT2D eigenvalue weighted by atomic mass is 79.9. The first-order valence-corrected chi connectivity index (χ1v) is 10.9. The summed E-state index contributed by atoms with van der Waals surface area (Å²) in [5.41, 5.74) is 4.91. The van der Waals surface area contributed by atoms with E-state index in [1.54, 1.807) is 0 Å². The molecule has 0 amide bonds. The van der Waals surface area contributed by atoms with Crippen LogP contribution in [-0.4, -0.2) is 30.5 Å². The average Bonchev–Trinajstić information content (AvgIpc) is 2.75. The van der Waals surface area contributed by atoms with Crippen molar-refractivity contribution in [2.24, 2.45) is 5.73 Å². The predicted molar refractivity (Wildman–Crippen MR) is 117 cm³/mol. The molecule has 31 heavy (non-hydrogen) atoms. The Kier molecular flexibility index (Phi) is 9.65. The molecule has 0 saturated carbocycles. The van der Waals surface area contributed by atoms with Gasteiger partial charge in [-0.1, -0.05) is 46.3 Å². The maximum Gasteiger partial charge on any atom is 0.494 e. The van der Waals surface area contributed by atoms with Crippen LogP contribution >= 0.6 is 24.6 Å². The van der Waals surface area contributed by atoms with Crippen molar-refractivity contribution in [2.45, 2.75) is 24.6 Å². The van der Waals surface area contributed by atoms with Crippen molar-refractivity contribution >= 4 is 30.7 Å². The number of hydrogen-bond acceptors (Lipinski definition) is 5. The molecule has 0 aliphatic rings. The molecule has 2 aromatic rings. The average molecular weight is 521 g/mol. The van der Waals surface area contributed by atoms with Crippen molar-refractivity contribution in [1.82, 2.24) is 0 Å². The van der Waals surface area contributed by atoms with Gasteiger partial charge in [0.1, 0.15) is 12.4 Å². The second-order valence-corrected chi connectivity index (χ2v) is 8.30. The molecule has 0 heterocycles. The molecular formula is C21H23BrF3NO4P+. The van der Waals surface area contributed by atoms with E-state index in [-0.39, 0.29) is 24.5 Å². The Morgan fingerprint density at radius 1 is 1.16 bits per heavy atom. The molecule has 0 aliphatic heterocycles. The summed E-state index contributed by atoms with van der Waals surface area (Å²) in [7, 11) is -1.06. The quantitative estimate of drug-likeness (QED) is 0.316. The molecule has 0 saturated heterocycles. The third-order valence-electron chi connectivity index (χ3n) is 4.39. The van der Waals surface area contributed by atoms with Crippen molar-refractivity contribution in [2.75, 3.05) is 19.8 Å². The van der Waals surface area contributed by atoms with E-state index in [0.29, 0.717) is 12.8 Å². The monoisotopic (exact) mass is 520 g/mol. The van der Waals surface area contributed by atoms with Crippen LogP contribution < -0.4 is 10.5 Å². The fourth-order valence-electron chi connectivity index (χ4n) is 2.68. The summed E-state index contributed by atoms with van der Waals surface area (Å²) >= 11 is 3.35. The van der Waals surface area contributed by atoms with Gasteiger partial charge in [0.25, 0.3) is 0 Å². The van der Waals surface area contributed by atoms with Gasteiger partial charge in [-0.2, -0.15) is 13.2 Å². The highest BCUT2D eigenvalue weighted by Gasteiger charge is 2.34. The summed E-state index contributed by atoms with van der Waals surface area (Å²) in [5, 5.41) is 9.38. The number of rotatable bonds is 11. The van der Waals surface area contributed by atoms with E-state index in [9.17, 15) is 22.8 Å². The van der Waals surface area contributed by atoms with Crippen molar-refractivity contribution in [3.8, 4) is 5.75 Å². The Hall–Kier alpha value is -1.77. The number of alkyl halides is 3. The van der Waals surface area contributed by atoms with Crippen LogP contribution in [0.4, 0.5) is 13.2 Å². The first kappa shape index (κ1) is 25.5. The smallest absolute Gasteiger partial charge is 0.493 e. The summed E-state index contributed by atoms with van der Waals surface area (Å²) in [4.78, 5) is 0. The van der Waals surface area contributed by atoms with Gasteiger partial charge in [0, 0.05) is 4.47 Å². The highest BCUT2D eigenvalue weighted by Crippen LogP contribution is 2.37. The van der Waals surface area contributed by atoms with Gasteiger partial charge in [-0.25, -0.2) is 0 Å². The van der Waals surface area contributed by atoms with E-state index in [1.807, 2.05) is 24.3 Å². The van der Waals surface area contributed by atoms with Gasteiger partial charge in [-0.15, -0.1) is 4.52 Å². The van der Waals surface area contributed by atoms with Crippen LogP contribution in [0.3, 0.4) is 0 Å². The lowest BCUT2D eigenvalue weighted by Gasteiger charge is -2.19. The molecule has 168 valence electrons. The highest BCUT2D eigenvalue weighted by molar-refractivity contribution is 9.10. The molecule has 2 rings (SSSR count). The SMILES string of the molecule is NC(C=Cc1ccc(OCCCc2ccc(Br)cc2)c(C(F)(F)F)c1)(CO)CO[PH+]=O. The van der Waals surface area contributed by atoms with Crippen molar-refractivity contribution < 1.29 is 32.1 Å². The molecule has 0 aromatic heterocycles. The first-order chi connectivity index (χ1) is 14.7. The van der Waals surface area contributed by atoms with Gasteiger partial charge in [0.2, 0.25) is 0 Å². The Morgan fingerprint density at radius 3 is 2.48 bits per heavy atom. The van der Waals surface area contributed by atoms with Gasteiger partial charge < -0.3 is 15.6 Å². The van der Waals surface area contributed by atoms with Gasteiger partial charge in [0.05, 0.1) is 24.3 Å². The van der Waals surface area contributed by atoms with Gasteiger partial charge in [-0.05, 0) is 52.8 Å². The molecule has 5 nitrogen and oxygen atoms in total. The van der Waals surface area contributed by atoms with Crippen LogP contribution in [0.5, 0.6) is 5.75 Å². The summed E-state index contributed by atoms with van der Waals surface area (Å²) < 4.78 is 62.1.